The minimum atomic E-state index is -3.29. The Morgan fingerprint density at radius 2 is 2.00 bits per heavy atom. The van der Waals surface area contributed by atoms with Crippen molar-refractivity contribution in [3.8, 4) is 0 Å². The van der Waals surface area contributed by atoms with Crippen LogP contribution in [0.25, 0.3) is 0 Å². The molecule has 1 aromatic heterocycles. The Bertz CT molecular complexity index is 785. The number of hydrogen-bond donors (Lipinski definition) is 1. The van der Waals surface area contributed by atoms with E-state index in [-0.39, 0.29) is 29.6 Å². The summed E-state index contributed by atoms with van der Waals surface area (Å²) in [5.74, 6) is -0.389. The average molecular weight is 355 g/mol. The minimum Gasteiger partial charge on any atom is -0.347 e. The molecule has 2 rings (SSSR count). The highest BCUT2D eigenvalue weighted by atomic mass is 32.2. The summed E-state index contributed by atoms with van der Waals surface area (Å²) in [7, 11) is -1.67. The number of rotatable bonds is 5. The van der Waals surface area contributed by atoms with E-state index in [1.807, 2.05) is 6.92 Å². The molecule has 1 saturated heterocycles. The average Bonchev–Trinajstić information content (AvgIpc) is 2.88. The highest BCUT2D eigenvalue weighted by Gasteiger charge is 2.37. The van der Waals surface area contributed by atoms with Crippen LogP contribution in [0.4, 0.5) is 0 Å². The van der Waals surface area contributed by atoms with Crippen molar-refractivity contribution in [2.24, 2.45) is 13.0 Å². The SMILES string of the molecule is CCC[C@H]1CN(S(C)(=O)=O)C[C@@H]1NC(=O)c1ccc(C)n(C)c1=O. The predicted molar refractivity (Wildman–Crippen MR) is 92.5 cm³/mol. The van der Waals surface area contributed by atoms with E-state index >= 15 is 0 Å². The van der Waals surface area contributed by atoms with Gasteiger partial charge in [0.15, 0.2) is 0 Å². The Labute approximate surface area is 142 Å². The van der Waals surface area contributed by atoms with E-state index < -0.39 is 15.9 Å². The van der Waals surface area contributed by atoms with E-state index in [4.69, 9.17) is 0 Å². The van der Waals surface area contributed by atoms with Gasteiger partial charge in [0, 0.05) is 31.9 Å². The third-order valence-corrected chi connectivity index (χ3v) is 5.89. The van der Waals surface area contributed by atoms with Crippen LogP contribution in [-0.2, 0) is 17.1 Å². The summed E-state index contributed by atoms with van der Waals surface area (Å²) in [4.78, 5) is 24.7. The van der Waals surface area contributed by atoms with Crippen LogP contribution in [0, 0.1) is 12.8 Å². The first-order chi connectivity index (χ1) is 11.1. The van der Waals surface area contributed by atoms with Gasteiger partial charge in [0.25, 0.3) is 11.5 Å². The van der Waals surface area contributed by atoms with Crippen molar-refractivity contribution >= 4 is 15.9 Å². The zero-order valence-electron chi connectivity index (χ0n) is 14.6. The molecule has 1 fully saturated rings. The monoisotopic (exact) mass is 355 g/mol. The van der Waals surface area contributed by atoms with Crippen molar-refractivity contribution < 1.29 is 13.2 Å². The molecule has 0 saturated carbocycles. The van der Waals surface area contributed by atoms with Gasteiger partial charge in [-0.3, -0.25) is 9.59 Å². The molecule has 2 heterocycles. The number of pyridine rings is 1. The van der Waals surface area contributed by atoms with Gasteiger partial charge in [-0.2, -0.15) is 4.31 Å². The zero-order chi connectivity index (χ0) is 18.1. The third-order valence-electron chi connectivity index (χ3n) is 4.65. The lowest BCUT2D eigenvalue weighted by atomic mass is 9.98. The van der Waals surface area contributed by atoms with Crippen molar-refractivity contribution in [1.82, 2.24) is 14.2 Å². The van der Waals surface area contributed by atoms with E-state index in [0.29, 0.717) is 6.54 Å². The number of sulfonamides is 1. The fourth-order valence-electron chi connectivity index (χ4n) is 3.08. The third kappa shape index (κ3) is 3.87. The lowest BCUT2D eigenvalue weighted by Crippen LogP contribution is -2.43. The Morgan fingerprint density at radius 1 is 1.33 bits per heavy atom. The molecule has 1 aliphatic rings. The van der Waals surface area contributed by atoms with E-state index in [1.165, 1.54) is 21.2 Å². The van der Waals surface area contributed by atoms with Gasteiger partial charge in [-0.25, -0.2) is 8.42 Å². The summed E-state index contributed by atoms with van der Waals surface area (Å²) < 4.78 is 26.4. The summed E-state index contributed by atoms with van der Waals surface area (Å²) in [6.45, 7) is 4.48. The van der Waals surface area contributed by atoms with Crippen LogP contribution in [0.2, 0.25) is 0 Å². The molecule has 8 heteroatoms. The van der Waals surface area contributed by atoms with Gasteiger partial charge in [0.05, 0.1) is 6.26 Å². The van der Waals surface area contributed by atoms with E-state index in [2.05, 4.69) is 5.32 Å². The topological polar surface area (TPSA) is 88.5 Å². The number of nitrogens with one attached hydrogen (secondary N) is 1. The predicted octanol–water partition coefficient (Wildman–Crippen LogP) is 0.484. The zero-order valence-corrected chi connectivity index (χ0v) is 15.4. The number of carbonyl (C=O) groups is 1. The van der Waals surface area contributed by atoms with Gasteiger partial charge < -0.3 is 9.88 Å². The summed E-state index contributed by atoms with van der Waals surface area (Å²) in [5, 5.41) is 2.86. The molecule has 0 bridgehead atoms. The second kappa shape index (κ2) is 7.06. The van der Waals surface area contributed by atoms with Crippen molar-refractivity contribution in [3.63, 3.8) is 0 Å². The first kappa shape index (κ1) is 18.7. The number of aryl methyl sites for hydroxylation is 1. The summed E-state index contributed by atoms with van der Waals surface area (Å²) in [5.41, 5.74) is 0.498. The Morgan fingerprint density at radius 3 is 2.58 bits per heavy atom. The van der Waals surface area contributed by atoms with Crippen LogP contribution in [0.1, 0.15) is 35.8 Å². The number of carbonyl (C=O) groups excluding carboxylic acids is 1. The lowest BCUT2D eigenvalue weighted by Gasteiger charge is -2.19. The van der Waals surface area contributed by atoms with Gasteiger partial charge in [0.1, 0.15) is 5.56 Å². The summed E-state index contributed by atoms with van der Waals surface area (Å²) >= 11 is 0. The number of aromatic nitrogens is 1. The maximum atomic E-state index is 12.5. The molecule has 1 amide bonds. The maximum absolute atomic E-state index is 12.5. The summed E-state index contributed by atoms with van der Waals surface area (Å²) in [6, 6.07) is 2.96. The molecule has 0 aliphatic carbocycles. The molecule has 134 valence electrons. The highest BCUT2D eigenvalue weighted by Crippen LogP contribution is 2.24. The number of nitrogens with zero attached hydrogens (tertiary/aromatic N) is 2. The van der Waals surface area contributed by atoms with E-state index in [9.17, 15) is 18.0 Å². The second-order valence-electron chi connectivity index (χ2n) is 6.46. The van der Waals surface area contributed by atoms with Crippen LogP contribution in [0.3, 0.4) is 0 Å². The quantitative estimate of drug-likeness (QED) is 0.832. The van der Waals surface area contributed by atoms with E-state index in [0.717, 1.165) is 18.5 Å². The van der Waals surface area contributed by atoms with Crippen LogP contribution in [0.15, 0.2) is 16.9 Å². The molecule has 24 heavy (non-hydrogen) atoms. The fourth-order valence-corrected chi connectivity index (χ4v) is 3.97. The van der Waals surface area contributed by atoms with Crippen LogP contribution < -0.4 is 10.9 Å². The number of hydrogen-bond acceptors (Lipinski definition) is 4. The Hall–Kier alpha value is -1.67. The second-order valence-corrected chi connectivity index (χ2v) is 8.44. The maximum Gasteiger partial charge on any atom is 0.263 e. The molecule has 1 N–H and O–H groups in total. The Kier molecular flexibility index (Phi) is 5.49. The van der Waals surface area contributed by atoms with Crippen LogP contribution >= 0.6 is 0 Å². The van der Waals surface area contributed by atoms with Crippen LogP contribution in [0.5, 0.6) is 0 Å². The molecule has 1 aliphatic heterocycles. The van der Waals surface area contributed by atoms with Crippen molar-refractivity contribution in [1.29, 1.82) is 0 Å². The summed E-state index contributed by atoms with van der Waals surface area (Å²) in [6.07, 6.45) is 2.90. The van der Waals surface area contributed by atoms with Gasteiger partial charge >= 0.3 is 0 Å². The van der Waals surface area contributed by atoms with Crippen molar-refractivity contribution in [3.05, 3.63) is 33.7 Å². The smallest absolute Gasteiger partial charge is 0.263 e. The van der Waals surface area contributed by atoms with Crippen LogP contribution in [-0.4, -0.2) is 48.6 Å². The van der Waals surface area contributed by atoms with Gasteiger partial charge in [-0.05, 0) is 31.4 Å². The van der Waals surface area contributed by atoms with Gasteiger partial charge in [0.2, 0.25) is 10.0 Å². The fraction of sp³-hybridized carbons (Fsp3) is 0.625. The van der Waals surface area contributed by atoms with Crippen molar-refractivity contribution in [2.45, 2.75) is 32.7 Å². The van der Waals surface area contributed by atoms with Gasteiger partial charge in [-0.1, -0.05) is 13.3 Å². The number of amides is 1. The molecular weight excluding hydrogens is 330 g/mol. The lowest BCUT2D eigenvalue weighted by molar-refractivity contribution is 0.0927. The molecule has 0 radical (unpaired) electrons. The molecule has 2 atom stereocenters. The molecule has 0 unspecified atom stereocenters. The first-order valence-corrected chi connectivity index (χ1v) is 9.92. The normalized spacial score (nSPS) is 21.8. The first-order valence-electron chi connectivity index (χ1n) is 8.07. The molecule has 0 spiro atoms. The highest BCUT2D eigenvalue weighted by molar-refractivity contribution is 7.88. The van der Waals surface area contributed by atoms with Gasteiger partial charge in [-0.15, -0.1) is 0 Å². The van der Waals surface area contributed by atoms with Crippen molar-refractivity contribution in [2.75, 3.05) is 19.3 Å². The largest absolute Gasteiger partial charge is 0.347 e. The molecule has 1 aromatic rings. The standard InChI is InChI=1S/C16H25N3O4S/c1-5-6-12-9-19(24(4,22)23)10-14(12)17-15(20)13-8-7-11(2)18(3)16(13)21/h7-8,12,14H,5-6,9-10H2,1-4H3,(H,17,20)/t12-,14-/m0/s1. The van der Waals surface area contributed by atoms with E-state index in [1.54, 1.807) is 20.0 Å². The molecule has 0 aromatic carbocycles. The molecule has 7 nitrogen and oxygen atoms in total. The Balaban J connectivity index is 2.21. The molecular formula is C16H25N3O4S. The minimum absolute atomic E-state index is 0.0583.